The molecule has 0 radical (unpaired) electrons. The summed E-state index contributed by atoms with van der Waals surface area (Å²) in [6.45, 7) is 2.64. The molecule has 0 bridgehead atoms. The summed E-state index contributed by atoms with van der Waals surface area (Å²) in [6.07, 6.45) is 1.04. The zero-order valence-electron chi connectivity index (χ0n) is 19.2. The van der Waals surface area contributed by atoms with Crippen molar-refractivity contribution in [3.05, 3.63) is 30.0 Å². The third-order valence-electron chi connectivity index (χ3n) is 5.49. The number of nitrogens with one attached hydrogen (secondary N) is 2. The van der Waals surface area contributed by atoms with Gasteiger partial charge in [-0.3, -0.25) is 9.59 Å². The first-order valence-electron chi connectivity index (χ1n) is 11.1. The Morgan fingerprint density at radius 1 is 1.37 bits per heavy atom. The number of likely N-dealkylation sites (tertiary alicyclic amines) is 1. The van der Waals surface area contributed by atoms with Crippen LogP contribution in [0.4, 0.5) is 18.9 Å². The van der Waals surface area contributed by atoms with E-state index < -0.39 is 18.2 Å². The van der Waals surface area contributed by atoms with Gasteiger partial charge in [-0.2, -0.15) is 18.4 Å². The monoisotopic (exact) mass is 495 g/mol. The average Bonchev–Trinajstić information content (AvgIpc) is 3.44. The number of alkyl halides is 3. The molecule has 190 valence electrons. The fourth-order valence-electron chi connectivity index (χ4n) is 3.69. The number of halogens is 3. The number of unbranched alkanes of at least 4 members (excludes halogenated alkanes) is 1. The van der Waals surface area contributed by atoms with Crippen molar-refractivity contribution in [3.63, 3.8) is 0 Å². The highest BCUT2D eigenvalue weighted by Gasteiger charge is 2.38. The van der Waals surface area contributed by atoms with Crippen LogP contribution in [0.5, 0.6) is 0 Å². The SMILES string of the molecule is CCCCC(=O)Nc1ccc2[nH]cc(C[C@H](N)C(=O)N3CCC[C@H]3C#N)c2c1.O=C(O)C(F)(F)F. The lowest BCUT2D eigenvalue weighted by Crippen LogP contribution is -2.46. The zero-order chi connectivity index (χ0) is 26.2. The van der Waals surface area contributed by atoms with E-state index >= 15 is 0 Å². The molecule has 5 N–H and O–H groups in total. The number of anilines is 1. The Kier molecular flexibility index (Phi) is 9.65. The Bertz CT molecular complexity index is 1090. The molecule has 2 heterocycles. The van der Waals surface area contributed by atoms with Crippen LogP contribution in [0.2, 0.25) is 0 Å². The number of aliphatic carboxylic acids is 1. The lowest BCUT2D eigenvalue weighted by molar-refractivity contribution is -0.192. The van der Waals surface area contributed by atoms with Crippen molar-refractivity contribution < 1.29 is 32.7 Å². The molecular weight excluding hydrogens is 467 g/mol. The second-order valence-corrected chi connectivity index (χ2v) is 8.16. The molecule has 12 heteroatoms. The second-order valence-electron chi connectivity index (χ2n) is 8.16. The molecule has 1 aliphatic rings. The van der Waals surface area contributed by atoms with Gasteiger partial charge in [0, 0.05) is 35.8 Å². The summed E-state index contributed by atoms with van der Waals surface area (Å²) in [7, 11) is 0. The smallest absolute Gasteiger partial charge is 0.475 e. The number of nitriles is 1. The van der Waals surface area contributed by atoms with E-state index in [4.69, 9.17) is 15.6 Å². The van der Waals surface area contributed by atoms with Gasteiger partial charge in [-0.25, -0.2) is 4.79 Å². The number of fused-ring (bicyclic) bond motifs is 1. The number of nitrogens with two attached hydrogens (primary N) is 1. The van der Waals surface area contributed by atoms with Crippen molar-refractivity contribution in [2.75, 3.05) is 11.9 Å². The number of rotatable bonds is 7. The van der Waals surface area contributed by atoms with E-state index in [2.05, 4.69) is 23.3 Å². The molecule has 1 aromatic carbocycles. The number of benzene rings is 1. The third-order valence-corrected chi connectivity index (χ3v) is 5.49. The molecule has 0 aliphatic carbocycles. The molecule has 1 aliphatic heterocycles. The largest absolute Gasteiger partial charge is 0.490 e. The van der Waals surface area contributed by atoms with Crippen LogP contribution in [0.1, 0.15) is 44.6 Å². The van der Waals surface area contributed by atoms with E-state index in [0.717, 1.165) is 41.4 Å². The molecule has 2 aromatic rings. The van der Waals surface area contributed by atoms with E-state index in [1.165, 1.54) is 0 Å². The highest BCUT2D eigenvalue weighted by molar-refractivity contribution is 5.95. The molecule has 2 amide bonds. The van der Waals surface area contributed by atoms with Crippen LogP contribution < -0.4 is 11.1 Å². The van der Waals surface area contributed by atoms with Crippen molar-refractivity contribution in [3.8, 4) is 6.07 Å². The molecule has 9 nitrogen and oxygen atoms in total. The van der Waals surface area contributed by atoms with Gasteiger partial charge in [-0.05, 0) is 49.4 Å². The van der Waals surface area contributed by atoms with Gasteiger partial charge in [-0.1, -0.05) is 13.3 Å². The fourth-order valence-corrected chi connectivity index (χ4v) is 3.69. The van der Waals surface area contributed by atoms with Crippen LogP contribution in [0, 0.1) is 11.3 Å². The summed E-state index contributed by atoms with van der Waals surface area (Å²) in [5, 5.41) is 20.2. The summed E-state index contributed by atoms with van der Waals surface area (Å²) < 4.78 is 31.7. The first kappa shape index (κ1) is 27.7. The molecular formula is C23H28F3N5O4. The number of amides is 2. The Balaban J connectivity index is 0.000000540. The number of carbonyl (C=O) groups is 3. The number of carbonyl (C=O) groups excluding carboxylic acids is 2. The summed E-state index contributed by atoms with van der Waals surface area (Å²) in [5.41, 5.74) is 8.77. The molecule has 1 fully saturated rings. The van der Waals surface area contributed by atoms with Crippen molar-refractivity contribution in [2.45, 2.75) is 63.7 Å². The Labute approximate surface area is 200 Å². The highest BCUT2D eigenvalue weighted by Crippen LogP contribution is 2.25. The lowest BCUT2D eigenvalue weighted by atomic mass is 10.0. The van der Waals surface area contributed by atoms with Crippen LogP contribution in [-0.2, 0) is 20.8 Å². The number of H-pyrrole nitrogens is 1. The average molecular weight is 496 g/mol. The predicted octanol–water partition coefficient (Wildman–Crippen LogP) is 3.31. The molecule has 0 saturated carbocycles. The Morgan fingerprint density at radius 2 is 2.06 bits per heavy atom. The second kappa shape index (κ2) is 12.2. The maximum atomic E-state index is 12.7. The lowest BCUT2D eigenvalue weighted by Gasteiger charge is -2.23. The van der Waals surface area contributed by atoms with Gasteiger partial charge in [0.15, 0.2) is 0 Å². The Hall–Kier alpha value is -3.59. The van der Waals surface area contributed by atoms with Crippen LogP contribution >= 0.6 is 0 Å². The molecule has 3 rings (SSSR count). The van der Waals surface area contributed by atoms with E-state index in [1.807, 2.05) is 24.4 Å². The molecule has 2 atom stereocenters. The number of carboxylic acids is 1. The van der Waals surface area contributed by atoms with Gasteiger partial charge in [0.2, 0.25) is 11.8 Å². The quantitative estimate of drug-likeness (QED) is 0.462. The third kappa shape index (κ3) is 7.71. The summed E-state index contributed by atoms with van der Waals surface area (Å²) in [6, 6.07) is 6.80. The van der Waals surface area contributed by atoms with Gasteiger partial charge in [-0.15, -0.1) is 0 Å². The fraction of sp³-hybridized carbons (Fsp3) is 0.478. The minimum absolute atomic E-state index is 0.00161. The van der Waals surface area contributed by atoms with Gasteiger partial charge >= 0.3 is 12.1 Å². The number of aromatic amines is 1. The predicted molar refractivity (Wildman–Crippen MR) is 122 cm³/mol. The minimum Gasteiger partial charge on any atom is -0.475 e. The van der Waals surface area contributed by atoms with Crippen molar-refractivity contribution in [2.24, 2.45) is 5.73 Å². The van der Waals surface area contributed by atoms with E-state index in [9.17, 15) is 28.0 Å². The number of carboxylic acid groups (broad SMARTS) is 1. The van der Waals surface area contributed by atoms with Crippen LogP contribution in [0.15, 0.2) is 24.4 Å². The van der Waals surface area contributed by atoms with E-state index in [1.54, 1.807) is 4.90 Å². The maximum Gasteiger partial charge on any atom is 0.490 e. The molecule has 1 saturated heterocycles. The maximum absolute atomic E-state index is 12.7. The van der Waals surface area contributed by atoms with Gasteiger partial charge in [0.25, 0.3) is 0 Å². The molecule has 0 spiro atoms. The number of hydrogen-bond donors (Lipinski definition) is 4. The van der Waals surface area contributed by atoms with Crippen LogP contribution in [0.25, 0.3) is 10.9 Å². The molecule has 35 heavy (non-hydrogen) atoms. The number of aromatic nitrogens is 1. The summed E-state index contributed by atoms with van der Waals surface area (Å²) in [5.74, 6) is -2.93. The van der Waals surface area contributed by atoms with Crippen molar-refractivity contribution in [1.29, 1.82) is 5.26 Å². The van der Waals surface area contributed by atoms with E-state index in [0.29, 0.717) is 25.8 Å². The molecule has 1 aromatic heterocycles. The number of hydrogen-bond acceptors (Lipinski definition) is 5. The van der Waals surface area contributed by atoms with E-state index in [-0.39, 0.29) is 17.9 Å². The first-order valence-corrected chi connectivity index (χ1v) is 11.1. The highest BCUT2D eigenvalue weighted by atomic mass is 19.4. The summed E-state index contributed by atoms with van der Waals surface area (Å²) in [4.78, 5) is 38.3. The van der Waals surface area contributed by atoms with Gasteiger partial charge in [0.1, 0.15) is 6.04 Å². The minimum atomic E-state index is -5.08. The molecule has 0 unspecified atom stereocenters. The summed E-state index contributed by atoms with van der Waals surface area (Å²) >= 11 is 0. The van der Waals surface area contributed by atoms with Crippen LogP contribution in [-0.4, -0.2) is 57.6 Å². The number of nitrogens with zero attached hydrogens (tertiary/aromatic N) is 2. The van der Waals surface area contributed by atoms with Gasteiger partial charge in [0.05, 0.1) is 12.1 Å². The topological polar surface area (TPSA) is 152 Å². The van der Waals surface area contributed by atoms with Crippen molar-refractivity contribution >= 4 is 34.4 Å². The van der Waals surface area contributed by atoms with Gasteiger partial charge < -0.3 is 26.0 Å². The zero-order valence-corrected chi connectivity index (χ0v) is 19.2. The normalized spacial score (nSPS) is 16.2. The van der Waals surface area contributed by atoms with Crippen molar-refractivity contribution in [1.82, 2.24) is 9.88 Å². The van der Waals surface area contributed by atoms with Crippen LogP contribution in [0.3, 0.4) is 0 Å². The standard InChI is InChI=1S/C21H27N5O2.C2HF3O2/c1-2-3-6-20(27)25-15-7-8-19-17(11-15)14(13-24-19)10-18(23)21(28)26-9-4-5-16(26)12-22;3-2(4,5)1(6)7/h7-8,11,13,16,18,24H,2-6,9-10,23H2,1H3,(H,25,27);(H,6,7)/t16-,18-;/m0./s1. The Morgan fingerprint density at radius 3 is 2.66 bits per heavy atom. The first-order chi connectivity index (χ1) is 16.5.